The van der Waals surface area contributed by atoms with Gasteiger partial charge in [-0.2, -0.15) is 5.10 Å². The van der Waals surface area contributed by atoms with Gasteiger partial charge in [-0.25, -0.2) is 15.7 Å². The van der Waals surface area contributed by atoms with E-state index < -0.39 is 6.03 Å². The first-order valence-electron chi connectivity index (χ1n) is 4.60. The monoisotopic (exact) mass is 218 g/mol. The zero-order valence-electron chi connectivity index (χ0n) is 8.27. The van der Waals surface area contributed by atoms with E-state index in [0.29, 0.717) is 0 Å². The molecule has 0 aliphatic rings. The number of hydrazone groups is 1. The lowest BCUT2D eigenvalue weighted by molar-refractivity contribution is 0.162. The summed E-state index contributed by atoms with van der Waals surface area (Å²) in [6.07, 6.45) is 3.28. The SMILES string of the molecule is O=C(NO)N/N=C/c1c[nH]c2ccccc12. The molecule has 2 aromatic rings. The first kappa shape index (κ1) is 10.2. The van der Waals surface area contributed by atoms with Crippen molar-refractivity contribution in [3.05, 3.63) is 36.0 Å². The third-order valence-corrected chi connectivity index (χ3v) is 2.09. The molecular formula is C10H10N4O2. The summed E-state index contributed by atoms with van der Waals surface area (Å²) in [5.74, 6) is 0. The molecule has 1 heterocycles. The summed E-state index contributed by atoms with van der Waals surface area (Å²) in [6.45, 7) is 0. The fourth-order valence-electron chi connectivity index (χ4n) is 1.39. The van der Waals surface area contributed by atoms with Gasteiger partial charge in [-0.3, -0.25) is 5.21 Å². The van der Waals surface area contributed by atoms with Crippen LogP contribution < -0.4 is 10.9 Å². The number of urea groups is 1. The quantitative estimate of drug-likeness (QED) is 0.346. The van der Waals surface area contributed by atoms with Gasteiger partial charge in [-0.05, 0) is 6.07 Å². The Labute approximate surface area is 90.9 Å². The van der Waals surface area contributed by atoms with Gasteiger partial charge in [0.15, 0.2) is 0 Å². The molecule has 0 fully saturated rings. The highest BCUT2D eigenvalue weighted by Gasteiger charge is 1.99. The van der Waals surface area contributed by atoms with Gasteiger partial charge in [0.25, 0.3) is 0 Å². The smallest absolute Gasteiger partial charge is 0.358 e. The molecule has 0 spiro atoms. The van der Waals surface area contributed by atoms with Gasteiger partial charge in [0.1, 0.15) is 0 Å². The van der Waals surface area contributed by atoms with Crippen molar-refractivity contribution in [3.63, 3.8) is 0 Å². The number of nitrogens with zero attached hydrogens (tertiary/aromatic N) is 1. The van der Waals surface area contributed by atoms with Crippen molar-refractivity contribution in [2.75, 3.05) is 0 Å². The molecule has 0 atom stereocenters. The van der Waals surface area contributed by atoms with E-state index in [-0.39, 0.29) is 0 Å². The number of aromatic amines is 1. The Kier molecular flexibility index (Phi) is 2.84. The van der Waals surface area contributed by atoms with Gasteiger partial charge in [0.2, 0.25) is 0 Å². The summed E-state index contributed by atoms with van der Waals surface area (Å²) in [4.78, 5) is 13.7. The minimum Gasteiger partial charge on any atom is -0.361 e. The predicted molar refractivity (Wildman–Crippen MR) is 59.3 cm³/mol. The van der Waals surface area contributed by atoms with Gasteiger partial charge in [-0.1, -0.05) is 18.2 Å². The van der Waals surface area contributed by atoms with E-state index in [1.807, 2.05) is 24.3 Å². The van der Waals surface area contributed by atoms with Crippen LogP contribution in [-0.2, 0) is 0 Å². The maximum atomic E-state index is 10.6. The molecule has 0 radical (unpaired) electrons. The number of hydrogen-bond acceptors (Lipinski definition) is 3. The van der Waals surface area contributed by atoms with Crippen molar-refractivity contribution >= 4 is 23.1 Å². The average Bonchev–Trinajstić information content (AvgIpc) is 2.73. The van der Waals surface area contributed by atoms with Crippen LogP contribution >= 0.6 is 0 Å². The third-order valence-electron chi connectivity index (χ3n) is 2.09. The molecule has 82 valence electrons. The van der Waals surface area contributed by atoms with E-state index in [2.05, 4.69) is 15.5 Å². The summed E-state index contributed by atoms with van der Waals surface area (Å²) in [5, 5.41) is 12.9. The Morgan fingerprint density at radius 3 is 3.06 bits per heavy atom. The molecule has 0 saturated carbocycles. The molecule has 0 bridgehead atoms. The Hall–Kier alpha value is -2.34. The fourth-order valence-corrected chi connectivity index (χ4v) is 1.39. The summed E-state index contributed by atoms with van der Waals surface area (Å²) in [5.41, 5.74) is 5.35. The topological polar surface area (TPSA) is 89.5 Å². The Bertz CT molecular complexity index is 532. The molecule has 1 aromatic heterocycles. The molecule has 16 heavy (non-hydrogen) atoms. The van der Waals surface area contributed by atoms with Crippen LogP contribution in [0.5, 0.6) is 0 Å². The third kappa shape index (κ3) is 2.01. The van der Waals surface area contributed by atoms with Gasteiger partial charge < -0.3 is 4.98 Å². The number of benzene rings is 1. The first-order valence-corrected chi connectivity index (χ1v) is 4.60. The molecule has 6 heteroatoms. The number of aromatic nitrogens is 1. The number of fused-ring (bicyclic) bond motifs is 1. The average molecular weight is 218 g/mol. The van der Waals surface area contributed by atoms with Crippen LogP contribution in [0, 0.1) is 0 Å². The van der Waals surface area contributed by atoms with Crippen molar-refractivity contribution in [2.45, 2.75) is 0 Å². The number of hydroxylamine groups is 1. The minimum absolute atomic E-state index is 0.781. The van der Waals surface area contributed by atoms with Crippen LogP contribution in [0.25, 0.3) is 10.9 Å². The highest BCUT2D eigenvalue weighted by atomic mass is 16.5. The highest BCUT2D eigenvalue weighted by molar-refractivity contribution is 5.99. The van der Waals surface area contributed by atoms with E-state index in [1.165, 1.54) is 11.7 Å². The normalized spacial score (nSPS) is 10.8. The second kappa shape index (κ2) is 4.45. The van der Waals surface area contributed by atoms with Gasteiger partial charge in [-0.15, -0.1) is 0 Å². The van der Waals surface area contributed by atoms with Crippen LogP contribution in [0.3, 0.4) is 0 Å². The molecule has 6 nitrogen and oxygen atoms in total. The summed E-state index contributed by atoms with van der Waals surface area (Å²) < 4.78 is 0. The van der Waals surface area contributed by atoms with E-state index >= 15 is 0 Å². The van der Waals surface area contributed by atoms with E-state index in [0.717, 1.165) is 16.5 Å². The van der Waals surface area contributed by atoms with Crippen LogP contribution in [-0.4, -0.2) is 22.4 Å². The second-order valence-corrected chi connectivity index (χ2v) is 3.10. The fraction of sp³-hybridized carbons (Fsp3) is 0. The van der Waals surface area contributed by atoms with Crippen LogP contribution in [0.2, 0.25) is 0 Å². The summed E-state index contributed by atoms with van der Waals surface area (Å²) >= 11 is 0. The molecule has 1 aromatic carbocycles. The lowest BCUT2D eigenvalue weighted by Crippen LogP contribution is -2.29. The number of carbonyl (C=O) groups excluding carboxylic acids is 1. The van der Waals surface area contributed by atoms with Crippen LogP contribution in [0.15, 0.2) is 35.6 Å². The van der Waals surface area contributed by atoms with E-state index in [9.17, 15) is 4.79 Å². The summed E-state index contributed by atoms with van der Waals surface area (Å²) in [6, 6.07) is 6.95. The molecule has 2 rings (SSSR count). The molecule has 0 saturated heterocycles. The van der Waals surface area contributed by atoms with E-state index in [4.69, 9.17) is 5.21 Å². The van der Waals surface area contributed by atoms with Gasteiger partial charge in [0.05, 0.1) is 6.21 Å². The lowest BCUT2D eigenvalue weighted by Gasteiger charge is -1.94. The number of nitrogens with one attached hydrogen (secondary N) is 3. The Balaban J connectivity index is 2.18. The van der Waals surface area contributed by atoms with Crippen molar-refractivity contribution in [2.24, 2.45) is 5.10 Å². The summed E-state index contributed by atoms with van der Waals surface area (Å²) in [7, 11) is 0. The lowest BCUT2D eigenvalue weighted by atomic mass is 10.2. The standard InChI is InChI=1S/C10H10N4O2/c15-10(14-16)13-12-6-7-5-11-9-4-2-1-3-8(7)9/h1-6,11,16H,(H2,13,14,15)/b12-6+. The van der Waals surface area contributed by atoms with Crippen LogP contribution in [0.1, 0.15) is 5.56 Å². The first-order chi connectivity index (χ1) is 7.81. The Morgan fingerprint density at radius 2 is 2.25 bits per heavy atom. The van der Waals surface area contributed by atoms with E-state index in [1.54, 1.807) is 6.20 Å². The van der Waals surface area contributed by atoms with Gasteiger partial charge >= 0.3 is 6.03 Å². The molecule has 2 amide bonds. The number of carbonyl (C=O) groups is 1. The predicted octanol–water partition coefficient (Wildman–Crippen LogP) is 1.19. The minimum atomic E-state index is -0.781. The van der Waals surface area contributed by atoms with Crippen molar-refractivity contribution in [1.82, 2.24) is 15.9 Å². The van der Waals surface area contributed by atoms with Crippen molar-refractivity contribution in [3.8, 4) is 0 Å². The van der Waals surface area contributed by atoms with Crippen LogP contribution in [0.4, 0.5) is 4.79 Å². The molecule has 4 N–H and O–H groups in total. The maximum absolute atomic E-state index is 10.6. The number of H-pyrrole nitrogens is 1. The Morgan fingerprint density at radius 1 is 1.44 bits per heavy atom. The molecule has 0 unspecified atom stereocenters. The van der Waals surface area contributed by atoms with Crippen molar-refractivity contribution < 1.29 is 10.0 Å². The number of amides is 2. The van der Waals surface area contributed by atoms with Crippen molar-refractivity contribution in [1.29, 1.82) is 0 Å². The zero-order valence-corrected chi connectivity index (χ0v) is 8.27. The number of rotatable bonds is 2. The zero-order chi connectivity index (χ0) is 11.4. The second-order valence-electron chi connectivity index (χ2n) is 3.10. The van der Waals surface area contributed by atoms with Gasteiger partial charge in [0, 0.05) is 22.7 Å². The molecule has 0 aliphatic carbocycles. The molecule has 0 aliphatic heterocycles. The number of para-hydroxylation sites is 1. The molecular weight excluding hydrogens is 208 g/mol. The number of hydrogen-bond donors (Lipinski definition) is 4. The largest absolute Gasteiger partial charge is 0.361 e. The highest BCUT2D eigenvalue weighted by Crippen LogP contribution is 2.15. The maximum Gasteiger partial charge on any atom is 0.358 e.